The van der Waals surface area contributed by atoms with Crippen molar-refractivity contribution in [3.63, 3.8) is 0 Å². The molecule has 1 aliphatic rings. The molecule has 4 heteroatoms. The van der Waals surface area contributed by atoms with Gasteiger partial charge in [-0.05, 0) is 13.0 Å². The molecule has 1 fully saturated rings. The summed E-state index contributed by atoms with van der Waals surface area (Å²) in [7, 11) is 0. The average Bonchev–Trinajstić information content (AvgIpc) is 2.65. The number of halogens is 1. The first-order valence-electron chi connectivity index (χ1n) is 5.71. The van der Waals surface area contributed by atoms with Crippen LogP contribution in [0.15, 0.2) is 0 Å². The predicted molar refractivity (Wildman–Crippen MR) is 60.5 cm³/mol. The van der Waals surface area contributed by atoms with Crippen molar-refractivity contribution in [2.75, 3.05) is 19.6 Å². The normalized spacial score (nSPS) is 24.7. The molecule has 0 aromatic rings. The lowest BCUT2D eigenvalue weighted by molar-refractivity contribution is -0.124. The third-order valence-corrected chi connectivity index (χ3v) is 2.30. The van der Waals surface area contributed by atoms with E-state index in [0.717, 1.165) is 0 Å². The summed E-state index contributed by atoms with van der Waals surface area (Å²) >= 11 is 0. The summed E-state index contributed by atoms with van der Waals surface area (Å²) in [5.41, 5.74) is -1.23. The van der Waals surface area contributed by atoms with Crippen LogP contribution in [0, 0.1) is 5.92 Å². The Kier molecular flexibility index (Phi) is 6.48. The van der Waals surface area contributed by atoms with Crippen LogP contribution in [0.25, 0.3) is 0 Å². The zero-order valence-electron chi connectivity index (χ0n) is 10.2. The Labute approximate surface area is 91.8 Å². The van der Waals surface area contributed by atoms with Gasteiger partial charge in [-0.1, -0.05) is 27.7 Å². The highest BCUT2D eigenvalue weighted by Gasteiger charge is 2.33. The number of carbonyl (C=O) groups is 1. The second kappa shape index (κ2) is 6.77. The molecule has 0 bridgehead atoms. The minimum absolute atomic E-state index is 0.0713. The number of rotatable bonds is 3. The van der Waals surface area contributed by atoms with Crippen molar-refractivity contribution in [3.8, 4) is 0 Å². The van der Waals surface area contributed by atoms with Gasteiger partial charge < -0.3 is 10.6 Å². The van der Waals surface area contributed by atoms with Crippen LogP contribution >= 0.6 is 0 Å². The highest BCUT2D eigenvalue weighted by molar-refractivity contribution is 5.77. The molecule has 3 nitrogen and oxygen atoms in total. The second-order valence-corrected chi connectivity index (χ2v) is 3.95. The Morgan fingerprint density at radius 1 is 1.53 bits per heavy atom. The summed E-state index contributed by atoms with van der Waals surface area (Å²) in [4.78, 5) is 11.1. The number of alkyl halides is 1. The van der Waals surface area contributed by atoms with Gasteiger partial charge in [0.15, 0.2) is 0 Å². The molecule has 0 saturated carbocycles. The van der Waals surface area contributed by atoms with E-state index in [0.29, 0.717) is 19.5 Å². The van der Waals surface area contributed by atoms with E-state index in [2.05, 4.69) is 10.6 Å². The van der Waals surface area contributed by atoms with E-state index in [1.165, 1.54) is 0 Å². The molecular weight excluding hydrogens is 195 g/mol. The molecule has 0 aromatic heterocycles. The third kappa shape index (κ3) is 5.11. The van der Waals surface area contributed by atoms with E-state index in [4.69, 9.17) is 0 Å². The fourth-order valence-electron chi connectivity index (χ4n) is 1.31. The number of hydrogen-bond donors (Lipinski definition) is 2. The summed E-state index contributed by atoms with van der Waals surface area (Å²) in [6.45, 7) is 8.79. The minimum atomic E-state index is -1.23. The average molecular weight is 218 g/mol. The zero-order valence-corrected chi connectivity index (χ0v) is 10.2. The summed E-state index contributed by atoms with van der Waals surface area (Å²) < 4.78 is 13.7. The summed E-state index contributed by atoms with van der Waals surface area (Å²) in [6.07, 6.45) is 0.491. The molecule has 1 rings (SSSR count). The largest absolute Gasteiger partial charge is 0.353 e. The van der Waals surface area contributed by atoms with E-state index >= 15 is 0 Å². The van der Waals surface area contributed by atoms with Crippen molar-refractivity contribution < 1.29 is 9.18 Å². The van der Waals surface area contributed by atoms with E-state index in [1.807, 2.05) is 13.8 Å². The molecule has 1 amide bonds. The van der Waals surface area contributed by atoms with Crippen LogP contribution in [0.2, 0.25) is 0 Å². The van der Waals surface area contributed by atoms with Gasteiger partial charge in [-0.3, -0.25) is 4.79 Å². The Bertz CT molecular complexity index is 189. The van der Waals surface area contributed by atoms with Crippen LogP contribution < -0.4 is 10.6 Å². The SMILES string of the molecule is CC.CC(C)C(=O)NCC1(F)CCNC1. The maximum atomic E-state index is 13.7. The van der Waals surface area contributed by atoms with Crippen molar-refractivity contribution in [3.05, 3.63) is 0 Å². The fourth-order valence-corrected chi connectivity index (χ4v) is 1.31. The van der Waals surface area contributed by atoms with Gasteiger partial charge in [0.05, 0.1) is 6.54 Å². The zero-order chi connectivity index (χ0) is 11.9. The van der Waals surface area contributed by atoms with E-state index < -0.39 is 5.67 Å². The van der Waals surface area contributed by atoms with Crippen LogP contribution in [0.5, 0.6) is 0 Å². The topological polar surface area (TPSA) is 41.1 Å². The van der Waals surface area contributed by atoms with Crippen LogP contribution in [0.4, 0.5) is 4.39 Å². The van der Waals surface area contributed by atoms with Gasteiger partial charge in [0.2, 0.25) is 5.91 Å². The molecule has 0 aromatic carbocycles. The van der Waals surface area contributed by atoms with Crippen molar-refractivity contribution >= 4 is 5.91 Å². The molecule has 90 valence electrons. The molecule has 0 radical (unpaired) electrons. The van der Waals surface area contributed by atoms with Crippen molar-refractivity contribution in [2.24, 2.45) is 5.92 Å². The molecule has 1 saturated heterocycles. The first kappa shape index (κ1) is 14.4. The van der Waals surface area contributed by atoms with Gasteiger partial charge in [-0.2, -0.15) is 0 Å². The molecular formula is C11H23FN2O. The number of hydrogen-bond acceptors (Lipinski definition) is 2. The van der Waals surface area contributed by atoms with Gasteiger partial charge in [-0.15, -0.1) is 0 Å². The molecule has 1 aliphatic heterocycles. The Morgan fingerprint density at radius 3 is 2.53 bits per heavy atom. The Balaban J connectivity index is 0.000000921. The van der Waals surface area contributed by atoms with Gasteiger partial charge in [0, 0.05) is 12.5 Å². The van der Waals surface area contributed by atoms with Gasteiger partial charge in [0.1, 0.15) is 5.67 Å². The van der Waals surface area contributed by atoms with Crippen molar-refractivity contribution in [1.82, 2.24) is 10.6 Å². The molecule has 1 unspecified atom stereocenters. The number of amides is 1. The summed E-state index contributed by atoms with van der Waals surface area (Å²) in [5, 5.41) is 5.55. The standard InChI is InChI=1S/C9H17FN2O.C2H6/c1-7(2)8(13)12-6-9(10)3-4-11-5-9;1-2/h7,11H,3-6H2,1-2H3,(H,12,13);1-2H3. The summed E-state index contributed by atoms with van der Waals surface area (Å²) in [6, 6.07) is 0. The molecule has 1 heterocycles. The van der Waals surface area contributed by atoms with E-state index in [-0.39, 0.29) is 18.4 Å². The highest BCUT2D eigenvalue weighted by atomic mass is 19.1. The lowest BCUT2D eigenvalue weighted by atomic mass is 10.1. The quantitative estimate of drug-likeness (QED) is 0.753. The van der Waals surface area contributed by atoms with Crippen molar-refractivity contribution in [2.45, 2.75) is 39.8 Å². The van der Waals surface area contributed by atoms with Crippen LogP contribution in [-0.2, 0) is 4.79 Å². The lowest BCUT2D eigenvalue weighted by Crippen LogP contribution is -2.42. The monoisotopic (exact) mass is 218 g/mol. The molecule has 0 spiro atoms. The minimum Gasteiger partial charge on any atom is -0.353 e. The lowest BCUT2D eigenvalue weighted by Gasteiger charge is -2.19. The van der Waals surface area contributed by atoms with Gasteiger partial charge in [-0.25, -0.2) is 4.39 Å². The van der Waals surface area contributed by atoms with E-state index in [1.54, 1.807) is 13.8 Å². The van der Waals surface area contributed by atoms with Gasteiger partial charge in [0.25, 0.3) is 0 Å². The fraction of sp³-hybridized carbons (Fsp3) is 0.909. The summed E-state index contributed by atoms with van der Waals surface area (Å²) in [5.74, 6) is -0.151. The van der Waals surface area contributed by atoms with E-state index in [9.17, 15) is 9.18 Å². The van der Waals surface area contributed by atoms with Gasteiger partial charge >= 0.3 is 0 Å². The molecule has 0 aliphatic carbocycles. The Morgan fingerprint density at radius 2 is 2.13 bits per heavy atom. The molecule has 1 atom stereocenters. The van der Waals surface area contributed by atoms with Crippen LogP contribution in [-0.4, -0.2) is 31.2 Å². The van der Waals surface area contributed by atoms with Crippen molar-refractivity contribution in [1.29, 1.82) is 0 Å². The smallest absolute Gasteiger partial charge is 0.222 e. The Hall–Kier alpha value is -0.640. The predicted octanol–water partition coefficient (Wildman–Crippen LogP) is 1.49. The molecule has 2 N–H and O–H groups in total. The molecule has 15 heavy (non-hydrogen) atoms. The van der Waals surface area contributed by atoms with Crippen LogP contribution in [0.3, 0.4) is 0 Å². The van der Waals surface area contributed by atoms with Crippen LogP contribution in [0.1, 0.15) is 34.1 Å². The maximum absolute atomic E-state index is 13.7. The third-order valence-electron chi connectivity index (χ3n) is 2.30. The maximum Gasteiger partial charge on any atom is 0.222 e. The first-order chi connectivity index (χ1) is 7.03. The first-order valence-corrected chi connectivity index (χ1v) is 5.71. The number of nitrogens with one attached hydrogen (secondary N) is 2. The number of carbonyl (C=O) groups excluding carboxylic acids is 1. The second-order valence-electron chi connectivity index (χ2n) is 3.95. The highest BCUT2D eigenvalue weighted by Crippen LogP contribution is 2.18.